The molecule has 2 atom stereocenters. The van der Waals surface area contributed by atoms with Crippen LogP contribution in [-0.2, 0) is 11.2 Å². The van der Waals surface area contributed by atoms with Gasteiger partial charge in [0.15, 0.2) is 0 Å². The van der Waals surface area contributed by atoms with E-state index >= 15 is 0 Å². The molecule has 120 valence electrons. The van der Waals surface area contributed by atoms with Crippen LogP contribution in [0.2, 0.25) is 0 Å². The summed E-state index contributed by atoms with van der Waals surface area (Å²) < 4.78 is 0. The number of aromatic nitrogens is 1. The molecule has 0 aromatic carbocycles. The lowest BCUT2D eigenvalue weighted by molar-refractivity contribution is -0.117. The molecule has 2 aliphatic rings. The molecule has 3 heterocycles. The molecule has 1 amide bonds. The standard InChI is InChI=1S/C15H23N5OS/c1-2-3-9-8-10(20-6-4-18-5-7-20)19-15-11(9)12(16)13(22-15)14(17)21/h8,12-13,18H,2-7,16H2,1H3,(H2,17,21). The maximum atomic E-state index is 11.6. The van der Waals surface area contributed by atoms with Gasteiger partial charge in [-0.1, -0.05) is 25.1 Å². The highest BCUT2D eigenvalue weighted by atomic mass is 32.2. The molecule has 0 radical (unpaired) electrons. The number of hydrogen-bond donors (Lipinski definition) is 3. The summed E-state index contributed by atoms with van der Waals surface area (Å²) in [5.41, 5.74) is 14.0. The largest absolute Gasteiger partial charge is 0.369 e. The molecule has 0 bridgehead atoms. The van der Waals surface area contributed by atoms with E-state index in [0.717, 1.165) is 55.4 Å². The molecule has 3 rings (SSSR count). The third-order valence-electron chi connectivity index (χ3n) is 4.23. The molecule has 6 nitrogen and oxygen atoms in total. The summed E-state index contributed by atoms with van der Waals surface area (Å²) >= 11 is 1.42. The molecule has 22 heavy (non-hydrogen) atoms. The van der Waals surface area contributed by atoms with E-state index in [9.17, 15) is 4.79 Å². The molecule has 0 saturated carbocycles. The predicted molar refractivity (Wildman–Crippen MR) is 89.1 cm³/mol. The summed E-state index contributed by atoms with van der Waals surface area (Å²) in [7, 11) is 0. The minimum absolute atomic E-state index is 0.344. The Balaban J connectivity index is 1.98. The number of fused-ring (bicyclic) bond motifs is 1. The van der Waals surface area contributed by atoms with Gasteiger partial charge in [0.25, 0.3) is 0 Å². The van der Waals surface area contributed by atoms with Gasteiger partial charge in [-0.3, -0.25) is 4.79 Å². The SMILES string of the molecule is CCCc1cc(N2CCNCC2)nc2c1C(N)C(C(N)=O)S2. The zero-order valence-corrected chi connectivity index (χ0v) is 13.7. The highest BCUT2D eigenvalue weighted by Crippen LogP contribution is 2.44. The number of aryl methyl sites for hydroxylation is 1. The Hall–Kier alpha value is -1.31. The summed E-state index contributed by atoms with van der Waals surface area (Å²) in [4.78, 5) is 18.7. The van der Waals surface area contributed by atoms with Crippen LogP contribution in [0.1, 0.15) is 30.5 Å². The molecule has 0 spiro atoms. The highest BCUT2D eigenvalue weighted by molar-refractivity contribution is 8.01. The first-order chi connectivity index (χ1) is 10.6. The van der Waals surface area contributed by atoms with Crippen molar-refractivity contribution in [3.05, 3.63) is 17.2 Å². The first-order valence-electron chi connectivity index (χ1n) is 7.83. The van der Waals surface area contributed by atoms with Crippen LogP contribution < -0.4 is 21.7 Å². The topological polar surface area (TPSA) is 97.3 Å². The van der Waals surface area contributed by atoms with Crippen molar-refractivity contribution in [3.63, 3.8) is 0 Å². The number of nitrogens with two attached hydrogens (primary N) is 2. The van der Waals surface area contributed by atoms with Crippen LogP contribution in [0.5, 0.6) is 0 Å². The van der Waals surface area contributed by atoms with Crippen LogP contribution in [0.25, 0.3) is 0 Å². The number of rotatable bonds is 4. The number of carbonyl (C=O) groups excluding carboxylic acids is 1. The first kappa shape index (κ1) is 15.6. The fourth-order valence-corrected chi connectivity index (χ4v) is 4.31. The van der Waals surface area contributed by atoms with Gasteiger partial charge < -0.3 is 21.7 Å². The number of carbonyl (C=O) groups is 1. The normalized spacial score (nSPS) is 24.4. The summed E-state index contributed by atoms with van der Waals surface area (Å²) in [6.07, 6.45) is 1.99. The number of nitrogens with one attached hydrogen (secondary N) is 1. The van der Waals surface area contributed by atoms with Gasteiger partial charge in [0.05, 0.1) is 6.04 Å². The van der Waals surface area contributed by atoms with E-state index in [1.807, 2.05) is 0 Å². The van der Waals surface area contributed by atoms with Crippen LogP contribution in [0.3, 0.4) is 0 Å². The fraction of sp³-hybridized carbons (Fsp3) is 0.600. The monoisotopic (exact) mass is 321 g/mol. The first-order valence-corrected chi connectivity index (χ1v) is 8.70. The van der Waals surface area contributed by atoms with Gasteiger partial charge in [0.2, 0.25) is 5.91 Å². The van der Waals surface area contributed by atoms with Gasteiger partial charge in [-0.15, -0.1) is 0 Å². The Labute approximate surface area is 135 Å². The molecular weight excluding hydrogens is 298 g/mol. The average molecular weight is 321 g/mol. The fourth-order valence-electron chi connectivity index (χ4n) is 3.13. The second-order valence-electron chi connectivity index (χ2n) is 5.81. The Morgan fingerprint density at radius 3 is 2.86 bits per heavy atom. The van der Waals surface area contributed by atoms with Crippen molar-refractivity contribution >= 4 is 23.5 Å². The number of nitrogens with zero attached hydrogens (tertiary/aromatic N) is 2. The van der Waals surface area contributed by atoms with Crippen LogP contribution in [0, 0.1) is 0 Å². The van der Waals surface area contributed by atoms with Gasteiger partial charge in [-0.05, 0) is 18.1 Å². The number of piperazine rings is 1. The van der Waals surface area contributed by atoms with E-state index < -0.39 is 5.25 Å². The second-order valence-corrected chi connectivity index (χ2v) is 6.94. The molecule has 2 aliphatic heterocycles. The van der Waals surface area contributed by atoms with Crippen LogP contribution >= 0.6 is 11.8 Å². The molecule has 7 heteroatoms. The van der Waals surface area contributed by atoms with Crippen molar-refractivity contribution in [1.29, 1.82) is 0 Å². The van der Waals surface area contributed by atoms with Crippen LogP contribution in [-0.4, -0.2) is 42.3 Å². The zero-order chi connectivity index (χ0) is 15.7. The van der Waals surface area contributed by atoms with Crippen molar-refractivity contribution in [2.24, 2.45) is 11.5 Å². The zero-order valence-electron chi connectivity index (χ0n) is 12.8. The van der Waals surface area contributed by atoms with Gasteiger partial charge in [-0.25, -0.2) is 4.98 Å². The van der Waals surface area contributed by atoms with Crippen LogP contribution in [0.15, 0.2) is 11.1 Å². The lowest BCUT2D eigenvalue weighted by Gasteiger charge is -2.29. The number of primary amides is 1. The maximum Gasteiger partial charge on any atom is 0.232 e. The molecule has 2 unspecified atom stereocenters. The van der Waals surface area contributed by atoms with Crippen LogP contribution in [0.4, 0.5) is 5.82 Å². The van der Waals surface area contributed by atoms with E-state index in [0.29, 0.717) is 0 Å². The number of anilines is 1. The quantitative estimate of drug-likeness (QED) is 0.743. The van der Waals surface area contributed by atoms with E-state index in [4.69, 9.17) is 16.5 Å². The van der Waals surface area contributed by atoms with Crippen molar-refractivity contribution in [2.75, 3.05) is 31.1 Å². The summed E-state index contributed by atoms with van der Waals surface area (Å²) in [6, 6.07) is 1.81. The minimum atomic E-state index is -0.406. The third-order valence-corrected chi connectivity index (χ3v) is 5.55. The van der Waals surface area contributed by atoms with Crippen molar-refractivity contribution in [3.8, 4) is 0 Å². The Morgan fingerprint density at radius 2 is 2.23 bits per heavy atom. The molecule has 1 aromatic heterocycles. The molecule has 0 aliphatic carbocycles. The Morgan fingerprint density at radius 1 is 1.50 bits per heavy atom. The Bertz CT molecular complexity index is 573. The van der Waals surface area contributed by atoms with Gasteiger partial charge >= 0.3 is 0 Å². The average Bonchev–Trinajstić information content (AvgIpc) is 2.86. The van der Waals surface area contributed by atoms with Gasteiger partial charge in [0, 0.05) is 31.7 Å². The number of amides is 1. The lowest BCUT2D eigenvalue weighted by Crippen LogP contribution is -2.44. The minimum Gasteiger partial charge on any atom is -0.369 e. The number of pyridine rings is 1. The smallest absolute Gasteiger partial charge is 0.232 e. The summed E-state index contributed by atoms with van der Waals surface area (Å²) in [5, 5.41) is 3.83. The van der Waals surface area contributed by atoms with Crippen molar-refractivity contribution in [1.82, 2.24) is 10.3 Å². The number of hydrogen-bond acceptors (Lipinski definition) is 6. The number of thioether (sulfide) groups is 1. The Kier molecular flexibility index (Phi) is 4.56. The summed E-state index contributed by atoms with van der Waals surface area (Å²) in [5.74, 6) is 0.634. The van der Waals surface area contributed by atoms with E-state index in [-0.39, 0.29) is 11.9 Å². The molecule has 1 fully saturated rings. The van der Waals surface area contributed by atoms with Crippen molar-refractivity contribution in [2.45, 2.75) is 36.1 Å². The van der Waals surface area contributed by atoms with E-state index in [1.54, 1.807) is 0 Å². The molecule has 1 aromatic rings. The van der Waals surface area contributed by atoms with E-state index in [1.165, 1.54) is 17.3 Å². The van der Waals surface area contributed by atoms with Gasteiger partial charge in [0.1, 0.15) is 16.1 Å². The van der Waals surface area contributed by atoms with Crippen molar-refractivity contribution < 1.29 is 4.79 Å². The lowest BCUT2D eigenvalue weighted by atomic mass is 9.97. The van der Waals surface area contributed by atoms with Gasteiger partial charge in [-0.2, -0.15) is 0 Å². The second kappa shape index (κ2) is 6.44. The van der Waals surface area contributed by atoms with E-state index in [2.05, 4.69) is 23.2 Å². The third kappa shape index (κ3) is 2.80. The summed E-state index contributed by atoms with van der Waals surface area (Å²) in [6.45, 7) is 5.99. The molecule has 1 saturated heterocycles. The maximum absolute atomic E-state index is 11.6. The predicted octanol–water partition coefficient (Wildman–Crippen LogP) is 0.403. The molecular formula is C15H23N5OS. The molecule has 5 N–H and O–H groups in total. The highest BCUT2D eigenvalue weighted by Gasteiger charge is 2.38.